The summed E-state index contributed by atoms with van der Waals surface area (Å²) < 4.78 is 11.5. The number of benzene rings is 2. The zero-order valence-corrected chi connectivity index (χ0v) is 21.9. The third-order valence-corrected chi connectivity index (χ3v) is 6.57. The largest absolute Gasteiger partial charge is 0.490 e. The van der Waals surface area contributed by atoms with Crippen LogP contribution >= 0.6 is 11.6 Å². The van der Waals surface area contributed by atoms with Crippen molar-refractivity contribution in [2.45, 2.75) is 32.0 Å². The van der Waals surface area contributed by atoms with Crippen LogP contribution in [0.25, 0.3) is 0 Å². The maximum Gasteiger partial charge on any atom is 0.326 e. The number of ether oxygens (including phenoxy) is 1. The van der Waals surface area contributed by atoms with E-state index in [4.69, 9.17) is 25.9 Å². The van der Waals surface area contributed by atoms with Crippen molar-refractivity contribution in [3.8, 4) is 5.75 Å². The number of carbonyl (C=O) groups is 2. The zero-order valence-electron chi connectivity index (χ0n) is 21.1. The summed E-state index contributed by atoms with van der Waals surface area (Å²) in [4.78, 5) is 45.2. The second kappa shape index (κ2) is 10.7. The molecule has 0 aliphatic carbocycles. The van der Waals surface area contributed by atoms with Gasteiger partial charge in [0, 0.05) is 30.2 Å². The van der Waals surface area contributed by atoms with E-state index >= 15 is 0 Å². The number of hydrogen-bond acceptors (Lipinski definition) is 8. The molecule has 0 radical (unpaired) electrons. The molecule has 2 atom stereocenters. The van der Waals surface area contributed by atoms with Crippen molar-refractivity contribution in [1.82, 2.24) is 20.3 Å². The lowest BCUT2D eigenvalue weighted by Crippen LogP contribution is -2.55. The topological polar surface area (TPSA) is 143 Å². The van der Waals surface area contributed by atoms with E-state index in [1.165, 1.54) is 34.2 Å². The van der Waals surface area contributed by atoms with Crippen LogP contribution in [0.3, 0.4) is 0 Å². The van der Waals surface area contributed by atoms with E-state index in [1.807, 2.05) is 0 Å². The van der Waals surface area contributed by atoms with E-state index < -0.39 is 23.0 Å². The molecule has 0 bridgehead atoms. The number of piperazine rings is 1. The van der Waals surface area contributed by atoms with Crippen LogP contribution < -0.4 is 10.1 Å². The van der Waals surface area contributed by atoms with E-state index in [9.17, 15) is 19.7 Å². The molecule has 13 heteroatoms. The van der Waals surface area contributed by atoms with Crippen molar-refractivity contribution in [2.24, 2.45) is 4.99 Å². The summed E-state index contributed by atoms with van der Waals surface area (Å²) in [6.45, 7) is 4.06. The number of urea groups is 1. The Kier molecular flexibility index (Phi) is 7.20. The Labute approximate surface area is 228 Å². The Morgan fingerprint density at radius 2 is 2.00 bits per heavy atom. The van der Waals surface area contributed by atoms with Crippen LogP contribution in [-0.2, 0) is 4.79 Å². The van der Waals surface area contributed by atoms with Gasteiger partial charge in [0.05, 0.1) is 34.9 Å². The smallest absolute Gasteiger partial charge is 0.326 e. The van der Waals surface area contributed by atoms with Crippen LogP contribution in [0.5, 0.6) is 5.75 Å². The van der Waals surface area contributed by atoms with Crippen molar-refractivity contribution in [3.05, 3.63) is 86.8 Å². The summed E-state index contributed by atoms with van der Waals surface area (Å²) in [5.41, 5.74) is 0.923. The molecule has 0 spiro atoms. The summed E-state index contributed by atoms with van der Waals surface area (Å²) in [6, 6.07) is 11.0. The Balaban J connectivity index is 1.70. The summed E-state index contributed by atoms with van der Waals surface area (Å²) in [5, 5.41) is 18.6. The third kappa shape index (κ3) is 5.28. The predicted molar refractivity (Wildman–Crippen MR) is 141 cm³/mol. The number of nitrogens with one attached hydrogen (secondary N) is 1. The summed E-state index contributed by atoms with van der Waals surface area (Å²) in [5.74, 6) is 0.548. The standard InChI is InChI=1S/C26H25ClN6O6/c1-15(2)38-21-13-18(33(36)37)7-8-19(21)25-30-23(20-9-10-29-39-20)24(16-3-5-17(27)6-4-16)32(25)26(35)31-12-11-28-22(34)14-31/h3-10,13,15,23-24H,11-12,14H2,1-2H3,(H,28,34)/t23-,24+/m0/s1. The van der Waals surface area contributed by atoms with Crippen LogP contribution in [0.4, 0.5) is 10.5 Å². The number of halogens is 1. The number of aromatic nitrogens is 1. The van der Waals surface area contributed by atoms with Gasteiger partial charge in [0.2, 0.25) is 5.91 Å². The fourth-order valence-corrected chi connectivity index (χ4v) is 4.78. The third-order valence-electron chi connectivity index (χ3n) is 6.32. The van der Waals surface area contributed by atoms with Gasteiger partial charge >= 0.3 is 6.03 Å². The lowest BCUT2D eigenvalue weighted by atomic mass is 9.97. The maximum atomic E-state index is 14.2. The minimum absolute atomic E-state index is 0.126. The first-order chi connectivity index (χ1) is 18.7. The molecule has 2 aliphatic heterocycles. The first-order valence-electron chi connectivity index (χ1n) is 12.3. The van der Waals surface area contributed by atoms with Gasteiger partial charge in [0.15, 0.2) is 5.76 Å². The number of nitrogens with zero attached hydrogens (tertiary/aromatic N) is 5. The zero-order chi connectivity index (χ0) is 27.7. The minimum atomic E-state index is -0.715. The van der Waals surface area contributed by atoms with E-state index in [1.54, 1.807) is 44.2 Å². The molecule has 3 amide bonds. The van der Waals surface area contributed by atoms with Gasteiger partial charge in [-0.3, -0.25) is 24.8 Å². The maximum absolute atomic E-state index is 14.2. The van der Waals surface area contributed by atoms with Gasteiger partial charge < -0.3 is 19.5 Å². The van der Waals surface area contributed by atoms with E-state index in [0.29, 0.717) is 35.0 Å². The molecule has 0 saturated carbocycles. The monoisotopic (exact) mass is 552 g/mol. The average molecular weight is 553 g/mol. The van der Waals surface area contributed by atoms with Gasteiger partial charge in [-0.15, -0.1) is 0 Å². The SMILES string of the molecule is CC(C)Oc1cc([N+](=O)[O-])ccc1C1=N[C@@H](c2ccno2)[C@@H](c2ccc(Cl)cc2)N1C(=O)N1CCNC(=O)C1. The number of non-ortho nitro benzene ring substituents is 1. The highest BCUT2D eigenvalue weighted by Gasteiger charge is 2.46. The van der Waals surface area contributed by atoms with Gasteiger partial charge in [-0.1, -0.05) is 28.9 Å². The molecule has 1 saturated heterocycles. The van der Waals surface area contributed by atoms with Crippen LogP contribution in [-0.4, -0.2) is 63.4 Å². The van der Waals surface area contributed by atoms with Gasteiger partial charge in [0.1, 0.15) is 24.2 Å². The molecular weight excluding hydrogens is 528 g/mol. The summed E-state index contributed by atoms with van der Waals surface area (Å²) >= 11 is 6.16. The molecular formula is C26H25ClN6O6. The van der Waals surface area contributed by atoms with Crippen molar-refractivity contribution in [3.63, 3.8) is 0 Å². The quantitative estimate of drug-likeness (QED) is 0.358. The molecule has 2 aromatic carbocycles. The van der Waals surface area contributed by atoms with Gasteiger partial charge in [0.25, 0.3) is 5.69 Å². The first kappa shape index (κ1) is 26.2. The summed E-state index contributed by atoms with van der Waals surface area (Å²) in [7, 11) is 0. The molecule has 1 N–H and O–H groups in total. The van der Waals surface area contributed by atoms with E-state index in [2.05, 4.69) is 10.5 Å². The van der Waals surface area contributed by atoms with Crippen LogP contribution in [0.2, 0.25) is 5.02 Å². The molecule has 202 valence electrons. The Bertz CT molecular complexity index is 1430. The van der Waals surface area contributed by atoms with Crippen LogP contribution in [0.1, 0.15) is 42.8 Å². The number of nitro benzene ring substituents is 1. The molecule has 3 aromatic rings. The highest BCUT2D eigenvalue weighted by molar-refractivity contribution is 6.30. The first-order valence-corrected chi connectivity index (χ1v) is 12.6. The molecule has 12 nitrogen and oxygen atoms in total. The second-order valence-electron chi connectivity index (χ2n) is 9.34. The van der Waals surface area contributed by atoms with Crippen LogP contribution in [0.15, 0.2) is 64.2 Å². The number of amides is 3. The molecule has 3 heterocycles. The summed E-state index contributed by atoms with van der Waals surface area (Å²) in [6.07, 6.45) is 1.17. The van der Waals surface area contributed by atoms with Crippen LogP contribution in [0, 0.1) is 10.1 Å². The molecule has 1 aromatic heterocycles. The Morgan fingerprint density at radius 1 is 1.23 bits per heavy atom. The van der Waals surface area contributed by atoms with Crippen molar-refractivity contribution >= 4 is 35.1 Å². The molecule has 2 aliphatic rings. The predicted octanol–water partition coefficient (Wildman–Crippen LogP) is 4.12. The highest BCUT2D eigenvalue weighted by atomic mass is 35.5. The number of nitro groups is 1. The number of amidine groups is 1. The number of carbonyl (C=O) groups excluding carboxylic acids is 2. The number of aliphatic imine (C=N–C) groups is 1. The lowest BCUT2D eigenvalue weighted by molar-refractivity contribution is -0.384. The van der Waals surface area contributed by atoms with Crippen molar-refractivity contribution < 1.29 is 23.8 Å². The van der Waals surface area contributed by atoms with Gasteiger partial charge in [-0.2, -0.15) is 0 Å². The average Bonchev–Trinajstić information content (AvgIpc) is 3.57. The number of rotatable bonds is 6. The van der Waals surface area contributed by atoms with Crippen molar-refractivity contribution in [2.75, 3.05) is 19.6 Å². The fourth-order valence-electron chi connectivity index (χ4n) is 4.65. The second-order valence-corrected chi connectivity index (χ2v) is 9.77. The van der Waals surface area contributed by atoms with Crippen molar-refractivity contribution in [1.29, 1.82) is 0 Å². The Morgan fingerprint density at radius 3 is 2.64 bits per heavy atom. The minimum Gasteiger partial charge on any atom is -0.490 e. The molecule has 5 rings (SSSR count). The van der Waals surface area contributed by atoms with Gasteiger partial charge in [-0.05, 0) is 37.6 Å². The normalized spacial score (nSPS) is 19.2. The number of hydrogen-bond donors (Lipinski definition) is 1. The lowest BCUT2D eigenvalue weighted by Gasteiger charge is -2.35. The molecule has 0 unspecified atom stereocenters. The molecule has 39 heavy (non-hydrogen) atoms. The van der Waals surface area contributed by atoms with E-state index in [0.717, 1.165) is 0 Å². The van der Waals surface area contributed by atoms with Gasteiger partial charge in [-0.25, -0.2) is 4.79 Å². The fraction of sp³-hybridized carbons (Fsp3) is 0.308. The Hall–Kier alpha value is -4.45. The van der Waals surface area contributed by atoms with E-state index in [-0.39, 0.29) is 35.8 Å². The highest BCUT2D eigenvalue weighted by Crippen LogP contribution is 2.45. The molecule has 1 fully saturated rings.